The molecule has 2 rings (SSSR count). The fraction of sp³-hybridized carbons (Fsp3) is 0.111. The summed E-state index contributed by atoms with van der Waals surface area (Å²) in [5.41, 5.74) is 5.53. The van der Waals surface area contributed by atoms with Gasteiger partial charge in [-0.2, -0.15) is 4.98 Å². The van der Waals surface area contributed by atoms with Crippen LogP contribution < -0.4 is 10.5 Å². The van der Waals surface area contributed by atoms with E-state index in [4.69, 9.17) is 10.5 Å². The van der Waals surface area contributed by atoms with Crippen molar-refractivity contribution in [3.8, 4) is 17.1 Å². The van der Waals surface area contributed by atoms with Gasteiger partial charge in [0, 0.05) is 11.6 Å². The van der Waals surface area contributed by atoms with Gasteiger partial charge in [-0.15, -0.1) is 0 Å². The lowest BCUT2D eigenvalue weighted by Crippen LogP contribution is -1.94. The van der Waals surface area contributed by atoms with Crippen LogP contribution in [0.4, 0.5) is 11.7 Å². The van der Waals surface area contributed by atoms with Gasteiger partial charge in [0.2, 0.25) is 5.82 Å². The number of anilines is 1. The van der Waals surface area contributed by atoms with Crippen molar-refractivity contribution in [1.29, 1.82) is 0 Å². The largest absolute Gasteiger partial charge is 0.490 e. The normalized spacial score (nSPS) is 10.2. The maximum absolute atomic E-state index is 10.8. The molecule has 0 atom stereocenters. The third kappa shape index (κ3) is 2.00. The van der Waals surface area contributed by atoms with Crippen molar-refractivity contribution in [1.82, 2.24) is 10.1 Å². The summed E-state index contributed by atoms with van der Waals surface area (Å²) in [4.78, 5) is 14.0. The predicted molar refractivity (Wildman–Crippen MR) is 57.4 cm³/mol. The minimum absolute atomic E-state index is 0.0986. The van der Waals surface area contributed by atoms with E-state index in [0.29, 0.717) is 5.56 Å². The monoisotopic (exact) mass is 236 g/mol. The van der Waals surface area contributed by atoms with E-state index in [1.165, 1.54) is 19.2 Å². The molecule has 2 aromatic rings. The summed E-state index contributed by atoms with van der Waals surface area (Å²) < 4.78 is 9.46. The summed E-state index contributed by atoms with van der Waals surface area (Å²) in [5, 5.41) is 14.4. The molecule has 1 heterocycles. The van der Waals surface area contributed by atoms with Gasteiger partial charge in [-0.3, -0.25) is 10.1 Å². The molecule has 0 saturated heterocycles. The first-order valence-electron chi connectivity index (χ1n) is 4.54. The van der Waals surface area contributed by atoms with Crippen LogP contribution in [-0.4, -0.2) is 22.2 Å². The second-order valence-corrected chi connectivity index (χ2v) is 3.10. The van der Waals surface area contributed by atoms with Crippen molar-refractivity contribution in [2.45, 2.75) is 0 Å². The van der Waals surface area contributed by atoms with E-state index in [2.05, 4.69) is 14.7 Å². The van der Waals surface area contributed by atoms with Crippen LogP contribution >= 0.6 is 0 Å². The van der Waals surface area contributed by atoms with Crippen molar-refractivity contribution in [3.05, 3.63) is 28.3 Å². The van der Waals surface area contributed by atoms with Gasteiger partial charge in [0.25, 0.3) is 0 Å². The highest BCUT2D eigenvalue weighted by atomic mass is 16.6. The summed E-state index contributed by atoms with van der Waals surface area (Å²) in [6.07, 6.45) is 0. The SMILES string of the molecule is COc1ccc(-c2noc(N)n2)cc1[N+](=O)[O-]. The van der Waals surface area contributed by atoms with Gasteiger partial charge < -0.3 is 15.0 Å². The van der Waals surface area contributed by atoms with Crippen LogP contribution in [0.5, 0.6) is 5.75 Å². The molecule has 8 nitrogen and oxygen atoms in total. The Labute approximate surface area is 95.1 Å². The Hall–Kier alpha value is -2.64. The molecule has 17 heavy (non-hydrogen) atoms. The fourth-order valence-electron chi connectivity index (χ4n) is 1.32. The van der Waals surface area contributed by atoms with Crippen molar-refractivity contribution in [3.63, 3.8) is 0 Å². The maximum Gasteiger partial charge on any atom is 0.319 e. The number of ether oxygens (including phenoxy) is 1. The number of methoxy groups -OCH3 is 1. The Kier molecular flexibility index (Phi) is 2.61. The third-order valence-electron chi connectivity index (χ3n) is 2.08. The summed E-state index contributed by atoms with van der Waals surface area (Å²) in [6.45, 7) is 0. The molecule has 0 bridgehead atoms. The molecule has 0 saturated carbocycles. The van der Waals surface area contributed by atoms with Gasteiger partial charge in [0.1, 0.15) is 0 Å². The lowest BCUT2D eigenvalue weighted by molar-refractivity contribution is -0.385. The molecule has 0 aliphatic rings. The second-order valence-electron chi connectivity index (χ2n) is 3.10. The Bertz CT molecular complexity index is 566. The highest BCUT2D eigenvalue weighted by molar-refractivity contribution is 5.63. The molecule has 8 heteroatoms. The highest BCUT2D eigenvalue weighted by Crippen LogP contribution is 2.31. The number of benzene rings is 1. The number of nitro benzene ring substituents is 1. The van der Waals surface area contributed by atoms with Crippen LogP contribution in [0.2, 0.25) is 0 Å². The average Bonchev–Trinajstić information content (AvgIpc) is 2.75. The van der Waals surface area contributed by atoms with Gasteiger partial charge >= 0.3 is 11.7 Å². The zero-order chi connectivity index (χ0) is 12.4. The first-order valence-corrected chi connectivity index (χ1v) is 4.54. The molecule has 0 spiro atoms. The molecular formula is C9H8N4O4. The molecule has 0 aliphatic heterocycles. The number of hydrogen-bond donors (Lipinski definition) is 1. The van der Waals surface area contributed by atoms with E-state index in [1.54, 1.807) is 6.07 Å². The number of aromatic nitrogens is 2. The minimum Gasteiger partial charge on any atom is -0.490 e. The van der Waals surface area contributed by atoms with E-state index in [-0.39, 0.29) is 23.3 Å². The number of nitrogens with two attached hydrogens (primary N) is 1. The van der Waals surface area contributed by atoms with Gasteiger partial charge in [-0.05, 0) is 12.1 Å². The summed E-state index contributed by atoms with van der Waals surface area (Å²) in [5.74, 6) is 0.350. The van der Waals surface area contributed by atoms with Crippen molar-refractivity contribution < 1.29 is 14.2 Å². The Morgan fingerprint density at radius 3 is 2.82 bits per heavy atom. The smallest absolute Gasteiger partial charge is 0.319 e. The first-order chi connectivity index (χ1) is 8.11. The van der Waals surface area contributed by atoms with E-state index in [0.717, 1.165) is 0 Å². The molecule has 0 unspecified atom stereocenters. The Balaban J connectivity index is 2.50. The molecule has 0 radical (unpaired) electrons. The molecule has 88 valence electrons. The highest BCUT2D eigenvalue weighted by Gasteiger charge is 2.17. The molecular weight excluding hydrogens is 228 g/mol. The van der Waals surface area contributed by atoms with E-state index in [9.17, 15) is 10.1 Å². The van der Waals surface area contributed by atoms with E-state index >= 15 is 0 Å². The van der Waals surface area contributed by atoms with Crippen molar-refractivity contribution in [2.75, 3.05) is 12.8 Å². The summed E-state index contributed by atoms with van der Waals surface area (Å²) >= 11 is 0. The number of hydrogen-bond acceptors (Lipinski definition) is 7. The van der Waals surface area contributed by atoms with Crippen molar-refractivity contribution in [2.24, 2.45) is 0 Å². The van der Waals surface area contributed by atoms with Gasteiger partial charge in [0.05, 0.1) is 12.0 Å². The molecule has 0 aliphatic carbocycles. The zero-order valence-corrected chi connectivity index (χ0v) is 8.78. The topological polar surface area (TPSA) is 117 Å². The van der Waals surface area contributed by atoms with Crippen LogP contribution in [0.1, 0.15) is 0 Å². The molecule has 2 N–H and O–H groups in total. The molecule has 0 amide bonds. The Morgan fingerprint density at radius 2 is 2.29 bits per heavy atom. The average molecular weight is 236 g/mol. The maximum atomic E-state index is 10.8. The van der Waals surface area contributed by atoms with Gasteiger partial charge in [-0.1, -0.05) is 5.16 Å². The molecule has 1 aromatic heterocycles. The number of nitro groups is 1. The van der Waals surface area contributed by atoms with Crippen LogP contribution in [0.3, 0.4) is 0 Å². The quantitative estimate of drug-likeness (QED) is 0.628. The predicted octanol–water partition coefficient (Wildman–Crippen LogP) is 1.24. The van der Waals surface area contributed by atoms with Crippen LogP contribution in [0.15, 0.2) is 22.7 Å². The molecule has 0 fully saturated rings. The van der Waals surface area contributed by atoms with Crippen LogP contribution in [0.25, 0.3) is 11.4 Å². The van der Waals surface area contributed by atoms with Gasteiger partial charge in [0.15, 0.2) is 5.75 Å². The Morgan fingerprint density at radius 1 is 1.53 bits per heavy atom. The summed E-state index contributed by atoms with van der Waals surface area (Å²) in [6, 6.07) is 4.23. The fourth-order valence-corrected chi connectivity index (χ4v) is 1.32. The number of rotatable bonds is 3. The minimum atomic E-state index is -0.550. The number of nitrogen functional groups attached to an aromatic ring is 1. The second kappa shape index (κ2) is 4.08. The zero-order valence-electron chi connectivity index (χ0n) is 8.78. The lowest BCUT2D eigenvalue weighted by Gasteiger charge is -2.01. The van der Waals surface area contributed by atoms with Crippen LogP contribution in [0, 0.1) is 10.1 Å². The van der Waals surface area contributed by atoms with E-state index < -0.39 is 4.92 Å². The van der Waals surface area contributed by atoms with Gasteiger partial charge in [-0.25, -0.2) is 0 Å². The van der Waals surface area contributed by atoms with Crippen molar-refractivity contribution >= 4 is 11.7 Å². The standard InChI is InChI=1S/C9H8N4O4/c1-16-7-3-2-5(4-6(7)13(14)15)8-11-9(10)17-12-8/h2-4H,1H3,(H2,10,11,12). The van der Waals surface area contributed by atoms with Crippen LogP contribution in [-0.2, 0) is 0 Å². The number of nitrogens with zero attached hydrogens (tertiary/aromatic N) is 3. The lowest BCUT2D eigenvalue weighted by atomic mass is 10.2. The summed E-state index contributed by atoms with van der Waals surface area (Å²) in [7, 11) is 1.36. The van der Waals surface area contributed by atoms with E-state index in [1.807, 2.05) is 0 Å². The molecule has 1 aromatic carbocycles. The first kappa shape index (κ1) is 10.9. The third-order valence-corrected chi connectivity index (χ3v) is 2.08.